The van der Waals surface area contributed by atoms with Crippen molar-refractivity contribution >= 4 is 35.2 Å². The molecule has 0 unspecified atom stereocenters. The molecule has 3 N–H and O–H groups in total. The monoisotopic (exact) mass is 347 g/mol. The minimum absolute atomic E-state index is 0.120. The number of hydrogen-bond acceptors (Lipinski definition) is 5. The molecule has 0 radical (unpaired) electrons. The van der Waals surface area contributed by atoms with E-state index >= 15 is 0 Å². The van der Waals surface area contributed by atoms with Crippen molar-refractivity contribution < 1.29 is 18.8 Å². The molecule has 0 saturated carbocycles. The molecule has 1 aromatic heterocycles. The summed E-state index contributed by atoms with van der Waals surface area (Å²) in [4.78, 5) is 36.1. The predicted octanol–water partition coefficient (Wildman–Crippen LogP) is 1.49. The van der Waals surface area contributed by atoms with Crippen molar-refractivity contribution in [3.8, 4) is 0 Å². The summed E-state index contributed by atoms with van der Waals surface area (Å²) in [6.45, 7) is -0.423. The fourth-order valence-electron chi connectivity index (χ4n) is 1.80. The van der Waals surface area contributed by atoms with Crippen molar-refractivity contribution in [2.45, 2.75) is 4.90 Å². The minimum atomic E-state index is -0.492. The van der Waals surface area contributed by atoms with Crippen LogP contribution >= 0.6 is 11.8 Å². The highest BCUT2D eigenvalue weighted by molar-refractivity contribution is 7.98. The third-order valence-corrected chi connectivity index (χ3v) is 3.68. The maximum absolute atomic E-state index is 11.8. The summed E-state index contributed by atoms with van der Waals surface area (Å²) >= 11 is 1.57. The summed E-state index contributed by atoms with van der Waals surface area (Å²) in [7, 11) is 0. The molecule has 3 amide bonds. The molecule has 0 bridgehead atoms. The molecule has 0 aliphatic heterocycles. The first-order chi connectivity index (χ1) is 11.6. The number of benzene rings is 1. The van der Waals surface area contributed by atoms with Crippen LogP contribution in [0, 0.1) is 0 Å². The van der Waals surface area contributed by atoms with Crippen LogP contribution in [0.25, 0.3) is 0 Å². The largest absolute Gasteiger partial charge is 0.459 e. The van der Waals surface area contributed by atoms with Crippen molar-refractivity contribution in [1.82, 2.24) is 10.6 Å². The molecule has 0 aliphatic rings. The second-order valence-electron chi connectivity index (χ2n) is 4.72. The lowest BCUT2D eigenvalue weighted by molar-refractivity contribution is -0.123. The highest BCUT2D eigenvalue weighted by atomic mass is 32.2. The Morgan fingerprint density at radius 2 is 1.83 bits per heavy atom. The molecule has 0 spiro atoms. The number of nitrogens with one attached hydrogen (secondary N) is 3. The normalized spacial score (nSPS) is 10.0. The van der Waals surface area contributed by atoms with E-state index in [1.165, 1.54) is 12.3 Å². The average molecular weight is 347 g/mol. The number of rotatable bonds is 7. The first-order valence-corrected chi connectivity index (χ1v) is 8.33. The number of hydrogen-bond donors (Lipinski definition) is 3. The summed E-state index contributed by atoms with van der Waals surface area (Å²) in [5.74, 6) is -1.19. The summed E-state index contributed by atoms with van der Waals surface area (Å²) in [6, 6.07) is 10.4. The molecule has 0 aliphatic carbocycles. The van der Waals surface area contributed by atoms with Crippen molar-refractivity contribution in [1.29, 1.82) is 0 Å². The van der Waals surface area contributed by atoms with Crippen LogP contribution in [-0.2, 0) is 9.59 Å². The SMILES string of the molecule is CSc1cccc(NC(=O)CNC(=O)CNC(=O)c2ccco2)c1. The zero-order valence-electron chi connectivity index (χ0n) is 13.0. The number of furan rings is 1. The number of carbonyl (C=O) groups excluding carboxylic acids is 3. The van der Waals surface area contributed by atoms with Gasteiger partial charge in [-0.05, 0) is 36.6 Å². The topological polar surface area (TPSA) is 100 Å². The van der Waals surface area contributed by atoms with Crippen molar-refractivity contribution in [3.63, 3.8) is 0 Å². The zero-order valence-corrected chi connectivity index (χ0v) is 13.8. The molecule has 8 heteroatoms. The Hall–Kier alpha value is -2.74. The van der Waals surface area contributed by atoms with Gasteiger partial charge in [-0.25, -0.2) is 0 Å². The van der Waals surface area contributed by atoms with E-state index in [9.17, 15) is 14.4 Å². The summed E-state index contributed by atoms with van der Waals surface area (Å²) < 4.78 is 4.90. The fourth-order valence-corrected chi connectivity index (χ4v) is 2.26. The third-order valence-electron chi connectivity index (χ3n) is 2.95. The van der Waals surface area contributed by atoms with E-state index in [0.717, 1.165) is 4.90 Å². The van der Waals surface area contributed by atoms with E-state index in [1.807, 2.05) is 24.5 Å². The molecule has 1 heterocycles. The number of amides is 3. The molecule has 0 fully saturated rings. The van der Waals surface area contributed by atoms with Gasteiger partial charge in [0.1, 0.15) is 0 Å². The smallest absolute Gasteiger partial charge is 0.287 e. The molecule has 0 atom stereocenters. The van der Waals surface area contributed by atoms with Gasteiger partial charge in [0, 0.05) is 10.6 Å². The Labute approximate surface area is 143 Å². The van der Waals surface area contributed by atoms with Crippen LogP contribution in [0.15, 0.2) is 52.0 Å². The molecule has 0 saturated heterocycles. The zero-order chi connectivity index (χ0) is 17.4. The van der Waals surface area contributed by atoms with Crippen LogP contribution in [0.5, 0.6) is 0 Å². The van der Waals surface area contributed by atoms with Gasteiger partial charge >= 0.3 is 0 Å². The Balaban J connectivity index is 1.71. The van der Waals surface area contributed by atoms with Crippen molar-refractivity contribution in [2.75, 3.05) is 24.7 Å². The first-order valence-electron chi connectivity index (χ1n) is 7.11. The van der Waals surface area contributed by atoms with E-state index < -0.39 is 11.8 Å². The van der Waals surface area contributed by atoms with Crippen LogP contribution in [0.4, 0.5) is 5.69 Å². The van der Waals surface area contributed by atoms with E-state index in [4.69, 9.17) is 4.42 Å². The van der Waals surface area contributed by atoms with Crippen molar-refractivity contribution in [3.05, 3.63) is 48.4 Å². The second kappa shape index (κ2) is 8.78. The maximum Gasteiger partial charge on any atom is 0.287 e. The Morgan fingerprint density at radius 1 is 1.04 bits per heavy atom. The first kappa shape index (κ1) is 17.6. The summed E-state index contributed by atoms with van der Waals surface area (Å²) in [5, 5.41) is 7.51. The molecule has 1 aromatic carbocycles. The van der Waals surface area contributed by atoms with E-state index in [-0.39, 0.29) is 24.8 Å². The van der Waals surface area contributed by atoms with Gasteiger partial charge in [0.15, 0.2) is 5.76 Å². The van der Waals surface area contributed by atoms with Gasteiger partial charge < -0.3 is 20.4 Å². The van der Waals surface area contributed by atoms with Crippen LogP contribution in [0.2, 0.25) is 0 Å². The Bertz CT molecular complexity index is 716. The van der Waals surface area contributed by atoms with Gasteiger partial charge in [0.2, 0.25) is 11.8 Å². The Morgan fingerprint density at radius 3 is 2.54 bits per heavy atom. The number of thioether (sulfide) groups is 1. The standard InChI is InChI=1S/C16H17N3O4S/c1-24-12-5-2-4-11(8-12)19-15(21)10-17-14(20)9-18-16(22)13-6-3-7-23-13/h2-8H,9-10H2,1H3,(H,17,20)(H,18,22)(H,19,21). The molecule has 2 aromatic rings. The van der Waals surface area contributed by atoms with Gasteiger partial charge in [0.25, 0.3) is 5.91 Å². The van der Waals surface area contributed by atoms with Crippen LogP contribution in [-0.4, -0.2) is 37.1 Å². The average Bonchev–Trinajstić information content (AvgIpc) is 3.12. The van der Waals surface area contributed by atoms with E-state index in [2.05, 4.69) is 16.0 Å². The predicted molar refractivity (Wildman–Crippen MR) is 90.9 cm³/mol. The molecular formula is C16H17N3O4S. The van der Waals surface area contributed by atoms with Gasteiger partial charge in [-0.2, -0.15) is 0 Å². The maximum atomic E-state index is 11.8. The van der Waals surface area contributed by atoms with E-state index in [1.54, 1.807) is 23.9 Å². The van der Waals surface area contributed by atoms with Crippen LogP contribution in [0.3, 0.4) is 0 Å². The Kier molecular flexibility index (Phi) is 6.44. The molecule has 2 rings (SSSR count). The van der Waals surface area contributed by atoms with Gasteiger partial charge in [-0.3, -0.25) is 14.4 Å². The summed E-state index contributed by atoms with van der Waals surface area (Å²) in [6.07, 6.45) is 3.31. The third kappa shape index (κ3) is 5.47. The lowest BCUT2D eigenvalue weighted by Gasteiger charge is -2.08. The fraction of sp³-hybridized carbons (Fsp3) is 0.188. The summed E-state index contributed by atoms with van der Waals surface area (Å²) in [5.41, 5.74) is 0.659. The number of carbonyl (C=O) groups is 3. The lowest BCUT2D eigenvalue weighted by Crippen LogP contribution is -2.40. The lowest BCUT2D eigenvalue weighted by atomic mass is 10.3. The molecule has 24 heavy (non-hydrogen) atoms. The molecule has 126 valence electrons. The van der Waals surface area contributed by atoms with Gasteiger partial charge in [-0.15, -0.1) is 11.8 Å². The minimum Gasteiger partial charge on any atom is -0.459 e. The molecular weight excluding hydrogens is 330 g/mol. The highest BCUT2D eigenvalue weighted by Gasteiger charge is 2.11. The van der Waals surface area contributed by atoms with Crippen molar-refractivity contribution in [2.24, 2.45) is 0 Å². The quantitative estimate of drug-likeness (QED) is 0.659. The van der Waals surface area contributed by atoms with Gasteiger partial charge in [-0.1, -0.05) is 6.07 Å². The second-order valence-corrected chi connectivity index (χ2v) is 5.60. The van der Waals surface area contributed by atoms with Crippen LogP contribution in [0.1, 0.15) is 10.6 Å². The van der Waals surface area contributed by atoms with Crippen LogP contribution < -0.4 is 16.0 Å². The molecule has 7 nitrogen and oxygen atoms in total. The van der Waals surface area contributed by atoms with Gasteiger partial charge in [0.05, 0.1) is 19.4 Å². The number of anilines is 1. The van der Waals surface area contributed by atoms with E-state index in [0.29, 0.717) is 5.69 Å². The highest BCUT2D eigenvalue weighted by Crippen LogP contribution is 2.18.